The van der Waals surface area contributed by atoms with Crippen LogP contribution >= 0.6 is 0 Å². The molecule has 0 aliphatic rings. The van der Waals surface area contributed by atoms with Gasteiger partial charge in [0.25, 0.3) is 0 Å². The van der Waals surface area contributed by atoms with Gasteiger partial charge in [-0.2, -0.15) is 0 Å². The van der Waals surface area contributed by atoms with Crippen molar-refractivity contribution in [3.05, 3.63) is 42.0 Å². The summed E-state index contributed by atoms with van der Waals surface area (Å²) >= 11 is 0. The highest BCUT2D eigenvalue weighted by Gasteiger charge is 2.15. The van der Waals surface area contributed by atoms with Crippen LogP contribution in [0.3, 0.4) is 0 Å². The molecule has 0 heterocycles. The predicted octanol–water partition coefficient (Wildman–Crippen LogP) is 3.58. The number of ether oxygens (including phenoxy) is 3. The Morgan fingerprint density at radius 1 is 0.955 bits per heavy atom. The Morgan fingerprint density at radius 3 is 2.14 bits per heavy atom. The third-order valence-electron chi connectivity index (χ3n) is 3.45. The first-order valence-electron chi connectivity index (χ1n) is 6.74. The molecule has 0 radical (unpaired) electrons. The Kier molecular flexibility index (Phi) is 4.88. The summed E-state index contributed by atoms with van der Waals surface area (Å²) in [6.07, 6.45) is 0. The predicted molar refractivity (Wildman–Crippen MR) is 85.5 cm³/mol. The molecular formula is C17H19NO4. The average Bonchev–Trinajstić information content (AvgIpc) is 2.59. The third-order valence-corrected chi connectivity index (χ3v) is 3.45. The van der Waals surface area contributed by atoms with Crippen LogP contribution in [0.5, 0.6) is 17.2 Å². The fourth-order valence-electron chi connectivity index (χ4n) is 2.22. The van der Waals surface area contributed by atoms with Gasteiger partial charge in [0.05, 0.1) is 27.0 Å². The fourth-order valence-corrected chi connectivity index (χ4v) is 2.22. The Morgan fingerprint density at radius 2 is 1.64 bits per heavy atom. The van der Waals surface area contributed by atoms with E-state index >= 15 is 0 Å². The number of rotatable bonds is 5. The van der Waals surface area contributed by atoms with E-state index in [1.165, 1.54) is 0 Å². The van der Waals surface area contributed by atoms with Crippen LogP contribution in [0.4, 0.5) is 0 Å². The molecule has 0 saturated heterocycles. The molecule has 1 N–H and O–H groups in total. The van der Waals surface area contributed by atoms with E-state index in [4.69, 9.17) is 19.4 Å². The molecule has 5 heteroatoms. The van der Waals surface area contributed by atoms with Crippen molar-refractivity contribution in [3.8, 4) is 28.4 Å². The van der Waals surface area contributed by atoms with E-state index in [0.717, 1.165) is 22.4 Å². The molecule has 116 valence electrons. The lowest BCUT2D eigenvalue weighted by Crippen LogP contribution is -2.00. The van der Waals surface area contributed by atoms with Crippen LogP contribution in [0.1, 0.15) is 12.5 Å². The van der Waals surface area contributed by atoms with Crippen LogP contribution < -0.4 is 14.2 Å². The monoisotopic (exact) mass is 301 g/mol. The highest BCUT2D eigenvalue weighted by Crippen LogP contribution is 2.39. The molecule has 0 aliphatic heterocycles. The molecule has 0 aliphatic carbocycles. The van der Waals surface area contributed by atoms with Gasteiger partial charge >= 0.3 is 0 Å². The molecular weight excluding hydrogens is 282 g/mol. The van der Waals surface area contributed by atoms with Crippen molar-refractivity contribution < 1.29 is 19.4 Å². The maximum absolute atomic E-state index is 9.01. The van der Waals surface area contributed by atoms with Crippen LogP contribution in [0.2, 0.25) is 0 Å². The second kappa shape index (κ2) is 6.85. The first-order valence-corrected chi connectivity index (χ1v) is 6.74. The minimum absolute atomic E-state index is 0.496. The van der Waals surface area contributed by atoms with E-state index in [2.05, 4.69) is 5.16 Å². The fraction of sp³-hybridized carbons (Fsp3) is 0.235. The van der Waals surface area contributed by atoms with E-state index in [1.807, 2.05) is 30.3 Å². The molecule has 2 aromatic carbocycles. The van der Waals surface area contributed by atoms with Gasteiger partial charge < -0.3 is 19.4 Å². The Labute approximate surface area is 129 Å². The van der Waals surface area contributed by atoms with E-state index in [9.17, 15) is 0 Å². The van der Waals surface area contributed by atoms with E-state index in [1.54, 1.807) is 34.3 Å². The van der Waals surface area contributed by atoms with Crippen LogP contribution in [0.15, 0.2) is 41.6 Å². The summed E-state index contributed by atoms with van der Waals surface area (Å²) in [5.41, 5.74) is 3.05. The van der Waals surface area contributed by atoms with Crippen LogP contribution in [0, 0.1) is 0 Å². The summed E-state index contributed by atoms with van der Waals surface area (Å²) in [5, 5.41) is 12.3. The van der Waals surface area contributed by atoms with Gasteiger partial charge in [0.1, 0.15) is 5.75 Å². The highest BCUT2D eigenvalue weighted by molar-refractivity contribution is 6.00. The van der Waals surface area contributed by atoms with Crippen molar-refractivity contribution in [1.82, 2.24) is 0 Å². The second-order valence-electron chi connectivity index (χ2n) is 4.67. The van der Waals surface area contributed by atoms with Crippen LogP contribution in [0.25, 0.3) is 11.1 Å². The molecule has 0 fully saturated rings. The maximum Gasteiger partial charge on any atom is 0.168 e. The molecule has 0 saturated carbocycles. The van der Waals surface area contributed by atoms with Crippen molar-refractivity contribution in [2.45, 2.75) is 6.92 Å². The summed E-state index contributed by atoms with van der Waals surface area (Å²) < 4.78 is 16.1. The first-order chi connectivity index (χ1) is 10.6. The van der Waals surface area contributed by atoms with Gasteiger partial charge in [0.15, 0.2) is 11.5 Å². The first kappa shape index (κ1) is 15.7. The molecule has 0 bridgehead atoms. The van der Waals surface area contributed by atoms with Gasteiger partial charge in [-0.25, -0.2) is 0 Å². The van der Waals surface area contributed by atoms with Gasteiger partial charge in [-0.05, 0) is 36.8 Å². The molecule has 0 atom stereocenters. The zero-order chi connectivity index (χ0) is 16.1. The van der Waals surface area contributed by atoms with Gasteiger partial charge in [-0.15, -0.1) is 0 Å². The van der Waals surface area contributed by atoms with Gasteiger partial charge in [0, 0.05) is 11.1 Å². The van der Waals surface area contributed by atoms with Gasteiger partial charge in [-0.1, -0.05) is 17.3 Å². The molecule has 0 unspecified atom stereocenters. The minimum atomic E-state index is 0.496. The number of oxime groups is 1. The molecule has 22 heavy (non-hydrogen) atoms. The van der Waals surface area contributed by atoms with E-state index in [-0.39, 0.29) is 0 Å². The molecule has 0 spiro atoms. The number of hydrogen-bond acceptors (Lipinski definition) is 5. The average molecular weight is 301 g/mol. The van der Waals surface area contributed by atoms with Gasteiger partial charge in [-0.3, -0.25) is 0 Å². The zero-order valence-electron chi connectivity index (χ0n) is 13.1. The van der Waals surface area contributed by atoms with Crippen molar-refractivity contribution in [2.75, 3.05) is 21.3 Å². The molecule has 5 nitrogen and oxygen atoms in total. The second-order valence-corrected chi connectivity index (χ2v) is 4.67. The van der Waals surface area contributed by atoms with Gasteiger partial charge in [0.2, 0.25) is 0 Å². The SMILES string of the molecule is COc1ccc(-c2cc(/C(C)=N/O)cc(OC)c2OC)cc1. The van der Waals surface area contributed by atoms with Crippen molar-refractivity contribution >= 4 is 5.71 Å². The minimum Gasteiger partial charge on any atom is -0.497 e. The summed E-state index contributed by atoms with van der Waals surface area (Å²) in [6.45, 7) is 1.72. The molecule has 0 amide bonds. The Bertz CT molecular complexity index is 678. The largest absolute Gasteiger partial charge is 0.497 e. The smallest absolute Gasteiger partial charge is 0.168 e. The number of hydrogen-bond donors (Lipinski definition) is 1. The summed E-state index contributed by atoms with van der Waals surface area (Å²) in [7, 11) is 4.79. The van der Waals surface area contributed by atoms with Crippen molar-refractivity contribution in [1.29, 1.82) is 0 Å². The maximum atomic E-state index is 9.01. The van der Waals surface area contributed by atoms with E-state index in [0.29, 0.717) is 17.2 Å². The Balaban J connectivity index is 2.65. The Hall–Kier alpha value is -2.69. The van der Waals surface area contributed by atoms with Crippen molar-refractivity contribution in [3.63, 3.8) is 0 Å². The lowest BCUT2D eigenvalue weighted by Gasteiger charge is -2.15. The lowest BCUT2D eigenvalue weighted by atomic mass is 9.99. The topological polar surface area (TPSA) is 60.3 Å². The number of benzene rings is 2. The summed E-state index contributed by atoms with van der Waals surface area (Å²) in [6, 6.07) is 11.3. The summed E-state index contributed by atoms with van der Waals surface area (Å²) in [5.74, 6) is 1.98. The molecule has 0 aromatic heterocycles. The summed E-state index contributed by atoms with van der Waals surface area (Å²) in [4.78, 5) is 0. The van der Waals surface area contributed by atoms with Crippen LogP contribution in [-0.2, 0) is 0 Å². The van der Waals surface area contributed by atoms with Crippen LogP contribution in [-0.4, -0.2) is 32.2 Å². The normalized spacial score (nSPS) is 11.2. The highest BCUT2D eigenvalue weighted by atomic mass is 16.5. The zero-order valence-corrected chi connectivity index (χ0v) is 13.1. The molecule has 2 aromatic rings. The number of nitrogens with zero attached hydrogens (tertiary/aromatic N) is 1. The van der Waals surface area contributed by atoms with Crippen molar-refractivity contribution in [2.24, 2.45) is 5.16 Å². The standard InChI is InChI=1S/C17H19NO4/c1-11(18-19)13-9-15(17(22-4)16(10-13)21-3)12-5-7-14(20-2)8-6-12/h5-10,19H,1-4H3/b18-11+. The quantitative estimate of drug-likeness (QED) is 0.521. The number of methoxy groups -OCH3 is 3. The third kappa shape index (κ3) is 2.98. The lowest BCUT2D eigenvalue weighted by molar-refractivity contribution is 0.319. The molecule has 2 rings (SSSR count). The van der Waals surface area contributed by atoms with E-state index < -0.39 is 0 Å².